The summed E-state index contributed by atoms with van der Waals surface area (Å²) >= 11 is 0. The van der Waals surface area contributed by atoms with Crippen LogP contribution in [0.25, 0.3) is 0 Å². The van der Waals surface area contributed by atoms with Gasteiger partial charge in [-0.15, -0.1) is 0 Å². The molecule has 2 aromatic carbocycles. The number of carbonyl (C=O) groups excluding carboxylic acids is 2. The van der Waals surface area contributed by atoms with Crippen molar-refractivity contribution in [1.82, 2.24) is 15.3 Å². The highest BCUT2D eigenvalue weighted by Gasteiger charge is 2.51. The number of alkyl halides is 3. The first kappa shape index (κ1) is 23.4. The Kier molecular flexibility index (Phi) is 6.37. The lowest BCUT2D eigenvalue weighted by Gasteiger charge is -2.16. The van der Waals surface area contributed by atoms with Crippen molar-refractivity contribution in [2.45, 2.75) is 38.9 Å². The quantitative estimate of drug-likeness (QED) is 0.455. The van der Waals surface area contributed by atoms with E-state index in [-0.39, 0.29) is 36.2 Å². The van der Waals surface area contributed by atoms with E-state index in [1.807, 2.05) is 0 Å². The Hall–Kier alpha value is -3.75. The zero-order valence-electron chi connectivity index (χ0n) is 18.4. The van der Waals surface area contributed by atoms with Gasteiger partial charge in [-0.1, -0.05) is 23.8 Å². The molecule has 4 rings (SSSR count). The number of nitrogens with zero attached hydrogens (tertiary/aromatic N) is 2. The molecular weight excluding hydrogens is 447 g/mol. The molecule has 3 aromatic rings. The number of amides is 1. The van der Waals surface area contributed by atoms with Crippen molar-refractivity contribution in [3.63, 3.8) is 0 Å². The second-order valence-corrected chi connectivity index (χ2v) is 8.43. The number of aromatic nitrogens is 2. The summed E-state index contributed by atoms with van der Waals surface area (Å²) in [5.41, 5.74) is 0.0573. The standard InChI is InChI=1S/C25H22F3N3O3/c1-16-2-7-22(20(10-16)25(26,27)28)34-19-5-3-17(4-6-19)12-31-23(33)24(8-9-24)11-21(32)18-13-29-15-30-14-18/h2-7,10,13-15H,8-9,11-12H2,1H3,(H,31,33). The van der Waals surface area contributed by atoms with Gasteiger partial charge in [0.15, 0.2) is 5.78 Å². The van der Waals surface area contributed by atoms with Crippen LogP contribution in [0.4, 0.5) is 13.2 Å². The maximum Gasteiger partial charge on any atom is 0.419 e. The fourth-order valence-electron chi connectivity index (χ4n) is 3.61. The van der Waals surface area contributed by atoms with Crippen LogP contribution in [-0.4, -0.2) is 21.7 Å². The summed E-state index contributed by atoms with van der Waals surface area (Å²) in [4.78, 5) is 32.8. The monoisotopic (exact) mass is 469 g/mol. The molecule has 0 saturated heterocycles. The number of benzene rings is 2. The molecule has 1 saturated carbocycles. The summed E-state index contributed by atoms with van der Waals surface area (Å²) in [5.74, 6) is -0.404. The molecule has 1 N–H and O–H groups in total. The molecule has 1 aliphatic carbocycles. The number of Topliss-reactive ketones (excluding diaryl/α,β-unsaturated/α-hetero) is 1. The van der Waals surface area contributed by atoms with Crippen LogP contribution in [0.5, 0.6) is 11.5 Å². The minimum Gasteiger partial charge on any atom is -0.457 e. The smallest absolute Gasteiger partial charge is 0.419 e. The molecule has 9 heteroatoms. The first-order chi connectivity index (χ1) is 16.2. The summed E-state index contributed by atoms with van der Waals surface area (Å²) < 4.78 is 45.4. The van der Waals surface area contributed by atoms with Gasteiger partial charge in [0.1, 0.15) is 17.8 Å². The number of hydrogen-bond acceptors (Lipinski definition) is 5. The Morgan fingerprint density at radius 3 is 2.35 bits per heavy atom. The van der Waals surface area contributed by atoms with Crippen molar-refractivity contribution < 1.29 is 27.5 Å². The number of nitrogens with one attached hydrogen (secondary N) is 1. The van der Waals surface area contributed by atoms with E-state index in [2.05, 4.69) is 15.3 Å². The summed E-state index contributed by atoms with van der Waals surface area (Å²) in [5, 5.41) is 2.85. The van der Waals surface area contributed by atoms with E-state index in [0.29, 0.717) is 24.0 Å². The van der Waals surface area contributed by atoms with E-state index in [4.69, 9.17) is 4.74 Å². The zero-order valence-corrected chi connectivity index (χ0v) is 18.4. The molecule has 0 atom stereocenters. The zero-order chi connectivity index (χ0) is 24.3. The molecule has 0 spiro atoms. The van der Waals surface area contributed by atoms with Gasteiger partial charge in [-0.05, 0) is 49.6 Å². The first-order valence-corrected chi connectivity index (χ1v) is 10.7. The Labute approximate surface area is 194 Å². The molecule has 6 nitrogen and oxygen atoms in total. The number of ketones is 1. The number of ether oxygens (including phenoxy) is 1. The predicted molar refractivity (Wildman–Crippen MR) is 117 cm³/mol. The van der Waals surface area contributed by atoms with Gasteiger partial charge in [0.05, 0.1) is 16.5 Å². The Bertz CT molecular complexity index is 1190. The van der Waals surface area contributed by atoms with Crippen LogP contribution >= 0.6 is 0 Å². The van der Waals surface area contributed by atoms with Crippen LogP contribution in [0.1, 0.15) is 46.3 Å². The van der Waals surface area contributed by atoms with Gasteiger partial charge in [0.2, 0.25) is 5.91 Å². The van der Waals surface area contributed by atoms with Crippen molar-refractivity contribution >= 4 is 11.7 Å². The third-order valence-electron chi connectivity index (χ3n) is 5.76. The third kappa shape index (κ3) is 5.41. The second kappa shape index (κ2) is 9.24. The first-order valence-electron chi connectivity index (χ1n) is 10.7. The average molecular weight is 469 g/mol. The summed E-state index contributed by atoms with van der Waals surface area (Å²) in [6.07, 6.45) is 1.02. The number of carbonyl (C=O) groups is 2. The van der Waals surface area contributed by atoms with Crippen molar-refractivity contribution in [2.24, 2.45) is 5.41 Å². The van der Waals surface area contributed by atoms with Gasteiger partial charge in [-0.2, -0.15) is 13.2 Å². The number of halogens is 3. The molecule has 1 aromatic heterocycles. The lowest BCUT2D eigenvalue weighted by atomic mass is 9.95. The molecule has 1 heterocycles. The average Bonchev–Trinajstić information content (AvgIpc) is 3.60. The Balaban J connectivity index is 1.35. The van der Waals surface area contributed by atoms with Crippen LogP contribution < -0.4 is 10.1 Å². The minimum absolute atomic E-state index is 0.0943. The highest BCUT2D eigenvalue weighted by molar-refractivity contribution is 6.00. The lowest BCUT2D eigenvalue weighted by molar-refractivity contribution is -0.138. The van der Waals surface area contributed by atoms with E-state index < -0.39 is 17.2 Å². The molecule has 1 fully saturated rings. The lowest BCUT2D eigenvalue weighted by Crippen LogP contribution is -2.33. The molecule has 176 valence electrons. The van der Waals surface area contributed by atoms with E-state index in [9.17, 15) is 22.8 Å². The fourth-order valence-corrected chi connectivity index (χ4v) is 3.61. The van der Waals surface area contributed by atoms with E-state index in [0.717, 1.165) is 11.6 Å². The highest BCUT2D eigenvalue weighted by atomic mass is 19.4. The highest BCUT2D eigenvalue weighted by Crippen LogP contribution is 2.49. The van der Waals surface area contributed by atoms with Gasteiger partial charge in [-0.25, -0.2) is 9.97 Å². The fraction of sp³-hybridized carbons (Fsp3) is 0.280. The summed E-state index contributed by atoms with van der Waals surface area (Å²) in [6.45, 7) is 1.81. The number of aryl methyl sites for hydroxylation is 1. The van der Waals surface area contributed by atoms with E-state index in [1.165, 1.54) is 24.8 Å². The van der Waals surface area contributed by atoms with Crippen molar-refractivity contribution in [2.75, 3.05) is 0 Å². The maximum absolute atomic E-state index is 13.3. The van der Waals surface area contributed by atoms with Crippen molar-refractivity contribution in [3.05, 3.63) is 83.4 Å². The van der Waals surface area contributed by atoms with Gasteiger partial charge in [0, 0.05) is 25.4 Å². The van der Waals surface area contributed by atoms with Gasteiger partial charge in [-0.3, -0.25) is 9.59 Å². The maximum atomic E-state index is 13.3. The minimum atomic E-state index is -4.53. The molecule has 0 unspecified atom stereocenters. The molecule has 0 aliphatic heterocycles. The van der Waals surface area contributed by atoms with Crippen LogP contribution in [0.2, 0.25) is 0 Å². The van der Waals surface area contributed by atoms with E-state index >= 15 is 0 Å². The molecule has 0 radical (unpaired) electrons. The molecule has 1 amide bonds. The van der Waals surface area contributed by atoms with Gasteiger partial charge in [0.25, 0.3) is 0 Å². The normalized spacial score (nSPS) is 14.4. The Morgan fingerprint density at radius 1 is 1.06 bits per heavy atom. The second-order valence-electron chi connectivity index (χ2n) is 8.43. The SMILES string of the molecule is Cc1ccc(Oc2ccc(CNC(=O)C3(CC(=O)c4cncnc4)CC3)cc2)c(C(F)(F)F)c1. The van der Waals surface area contributed by atoms with Crippen LogP contribution in [0.15, 0.2) is 61.2 Å². The number of rotatable bonds is 8. The van der Waals surface area contributed by atoms with Crippen LogP contribution in [0, 0.1) is 12.3 Å². The predicted octanol–water partition coefficient (Wildman–Crippen LogP) is 5.27. The number of hydrogen-bond donors (Lipinski definition) is 1. The largest absolute Gasteiger partial charge is 0.457 e. The molecular formula is C25H22F3N3O3. The van der Waals surface area contributed by atoms with E-state index in [1.54, 1.807) is 37.3 Å². The molecule has 0 bridgehead atoms. The summed E-state index contributed by atoms with van der Waals surface area (Å²) in [6, 6.07) is 10.3. The topological polar surface area (TPSA) is 81.2 Å². The van der Waals surface area contributed by atoms with Gasteiger partial charge >= 0.3 is 6.18 Å². The van der Waals surface area contributed by atoms with Crippen LogP contribution in [-0.2, 0) is 17.5 Å². The Morgan fingerprint density at radius 2 is 1.74 bits per heavy atom. The summed E-state index contributed by atoms with van der Waals surface area (Å²) in [7, 11) is 0. The van der Waals surface area contributed by atoms with Crippen molar-refractivity contribution in [3.8, 4) is 11.5 Å². The van der Waals surface area contributed by atoms with Crippen molar-refractivity contribution in [1.29, 1.82) is 0 Å². The van der Waals surface area contributed by atoms with Gasteiger partial charge < -0.3 is 10.1 Å². The van der Waals surface area contributed by atoms with Crippen LogP contribution in [0.3, 0.4) is 0 Å². The molecule has 34 heavy (non-hydrogen) atoms. The third-order valence-corrected chi connectivity index (χ3v) is 5.76. The molecule has 1 aliphatic rings.